The molecule has 1 aliphatic heterocycles. The molecule has 2 N–H and O–H groups in total. The van der Waals surface area contributed by atoms with Crippen molar-refractivity contribution in [2.45, 2.75) is 20.0 Å². The first-order chi connectivity index (χ1) is 11.5. The molecule has 0 bridgehead atoms. The third-order valence-corrected chi connectivity index (χ3v) is 4.84. The largest absolute Gasteiger partial charge is 0.358 e. The van der Waals surface area contributed by atoms with Crippen molar-refractivity contribution in [2.24, 2.45) is 5.73 Å². The predicted molar refractivity (Wildman–Crippen MR) is 97.8 cm³/mol. The van der Waals surface area contributed by atoms with Gasteiger partial charge in [-0.1, -0.05) is 35.8 Å². The molecule has 0 fully saturated rings. The molecule has 0 aliphatic carbocycles. The Morgan fingerprint density at radius 3 is 2.75 bits per heavy atom. The molecule has 24 heavy (non-hydrogen) atoms. The van der Waals surface area contributed by atoms with Crippen LogP contribution in [0, 0.1) is 6.92 Å². The van der Waals surface area contributed by atoms with Crippen molar-refractivity contribution in [1.82, 2.24) is 9.88 Å². The Morgan fingerprint density at radius 2 is 2.12 bits per heavy atom. The topological polar surface area (TPSA) is 59.2 Å². The predicted octanol–water partition coefficient (Wildman–Crippen LogP) is 3.81. The van der Waals surface area contributed by atoms with Gasteiger partial charge in [-0.3, -0.25) is 4.98 Å². The number of nitrogens with zero attached hydrogens (tertiary/aromatic N) is 2. The van der Waals surface area contributed by atoms with Crippen LogP contribution in [-0.2, 0) is 17.9 Å². The zero-order valence-electron chi connectivity index (χ0n) is 13.3. The standard InChI is InChI=1S/C18H17Cl2N3O/c1-10-14(8-21)18(13-4-3-12(19)7-15(13)20)17-11(2)23(5-6-24)9-16(17)22-10/h3-4,6-7H,2,5,8-9,21H2,1H3. The number of rotatable bonds is 4. The SMILES string of the molecule is C=C1c2c(nc(C)c(CN)c2-c2ccc(Cl)cc2Cl)CN1CC=O. The second kappa shape index (κ2) is 6.55. The number of benzene rings is 1. The zero-order valence-corrected chi connectivity index (χ0v) is 14.8. The summed E-state index contributed by atoms with van der Waals surface area (Å²) in [5.41, 5.74) is 12.1. The van der Waals surface area contributed by atoms with Crippen molar-refractivity contribution >= 4 is 35.2 Å². The molecule has 0 unspecified atom stereocenters. The second-order valence-corrected chi connectivity index (χ2v) is 6.54. The number of pyridine rings is 1. The van der Waals surface area contributed by atoms with Crippen molar-refractivity contribution < 1.29 is 4.79 Å². The van der Waals surface area contributed by atoms with E-state index in [1.165, 1.54) is 0 Å². The number of carbonyl (C=O) groups excluding carboxylic acids is 1. The number of aromatic nitrogens is 1. The molecule has 2 aromatic rings. The fourth-order valence-corrected chi connectivity index (χ4v) is 3.67. The van der Waals surface area contributed by atoms with Crippen molar-refractivity contribution in [1.29, 1.82) is 0 Å². The van der Waals surface area contributed by atoms with Gasteiger partial charge in [0, 0.05) is 44.7 Å². The summed E-state index contributed by atoms with van der Waals surface area (Å²) in [6.07, 6.45) is 0.864. The van der Waals surface area contributed by atoms with Crippen LogP contribution >= 0.6 is 23.2 Å². The number of hydrogen-bond donors (Lipinski definition) is 1. The first-order valence-electron chi connectivity index (χ1n) is 7.53. The Labute approximate surface area is 150 Å². The summed E-state index contributed by atoms with van der Waals surface area (Å²) in [5.74, 6) is 0. The average molecular weight is 362 g/mol. The van der Waals surface area contributed by atoms with Crippen molar-refractivity contribution in [2.75, 3.05) is 6.54 Å². The summed E-state index contributed by atoms with van der Waals surface area (Å²) in [6, 6.07) is 5.39. The normalized spacial score (nSPS) is 13.3. The van der Waals surface area contributed by atoms with Gasteiger partial charge >= 0.3 is 0 Å². The molecule has 0 amide bonds. The van der Waals surface area contributed by atoms with E-state index < -0.39 is 0 Å². The lowest BCUT2D eigenvalue weighted by atomic mass is 9.92. The van der Waals surface area contributed by atoms with Crippen LogP contribution in [0.15, 0.2) is 24.8 Å². The highest BCUT2D eigenvalue weighted by atomic mass is 35.5. The van der Waals surface area contributed by atoms with Gasteiger partial charge in [-0.25, -0.2) is 0 Å². The molecule has 1 aromatic carbocycles. The van der Waals surface area contributed by atoms with Gasteiger partial charge in [0.15, 0.2) is 0 Å². The number of aryl methyl sites for hydroxylation is 1. The lowest BCUT2D eigenvalue weighted by Gasteiger charge is -2.19. The minimum Gasteiger partial charge on any atom is -0.358 e. The number of carbonyl (C=O) groups is 1. The molecule has 0 radical (unpaired) electrons. The summed E-state index contributed by atoms with van der Waals surface area (Å²) in [5, 5.41) is 1.12. The van der Waals surface area contributed by atoms with E-state index in [0.29, 0.717) is 23.1 Å². The zero-order chi connectivity index (χ0) is 17.4. The van der Waals surface area contributed by atoms with Gasteiger partial charge in [0.05, 0.1) is 18.8 Å². The van der Waals surface area contributed by atoms with Crippen LogP contribution < -0.4 is 5.73 Å². The van der Waals surface area contributed by atoms with Crippen molar-refractivity contribution in [3.05, 3.63) is 57.3 Å². The molecule has 6 heteroatoms. The molecule has 0 saturated carbocycles. The fourth-order valence-electron chi connectivity index (χ4n) is 3.17. The van der Waals surface area contributed by atoms with E-state index in [2.05, 4.69) is 11.6 Å². The van der Waals surface area contributed by atoms with E-state index in [0.717, 1.165) is 45.6 Å². The number of hydrogen-bond acceptors (Lipinski definition) is 4. The fraction of sp³-hybridized carbons (Fsp3) is 0.222. The van der Waals surface area contributed by atoms with Crippen LogP contribution in [0.25, 0.3) is 16.8 Å². The molecular formula is C18H17Cl2N3O. The summed E-state index contributed by atoms with van der Waals surface area (Å²) in [6.45, 7) is 7.25. The second-order valence-electron chi connectivity index (χ2n) is 5.69. The highest BCUT2D eigenvalue weighted by Crippen LogP contribution is 2.43. The quantitative estimate of drug-likeness (QED) is 0.841. The molecule has 4 nitrogen and oxygen atoms in total. The van der Waals surface area contributed by atoms with E-state index in [4.69, 9.17) is 28.9 Å². The lowest BCUT2D eigenvalue weighted by molar-refractivity contribution is -0.108. The summed E-state index contributed by atoms with van der Waals surface area (Å²) < 4.78 is 0. The maximum Gasteiger partial charge on any atom is 0.139 e. The first kappa shape index (κ1) is 17.0. The Hall–Kier alpha value is -1.88. The number of aldehydes is 1. The van der Waals surface area contributed by atoms with Crippen LogP contribution in [0.4, 0.5) is 0 Å². The van der Waals surface area contributed by atoms with E-state index >= 15 is 0 Å². The minimum absolute atomic E-state index is 0.278. The monoisotopic (exact) mass is 361 g/mol. The Balaban J connectivity index is 2.30. The van der Waals surface area contributed by atoms with E-state index in [1.54, 1.807) is 12.1 Å². The minimum atomic E-state index is 0.278. The van der Waals surface area contributed by atoms with Crippen LogP contribution in [0.1, 0.15) is 22.5 Å². The van der Waals surface area contributed by atoms with Gasteiger partial charge in [-0.15, -0.1) is 0 Å². The van der Waals surface area contributed by atoms with Gasteiger partial charge in [-0.05, 0) is 24.6 Å². The highest BCUT2D eigenvalue weighted by Gasteiger charge is 2.30. The summed E-state index contributed by atoms with van der Waals surface area (Å²) in [7, 11) is 0. The number of halogens is 2. The Bertz CT molecular complexity index is 849. The molecule has 0 saturated heterocycles. The lowest BCUT2D eigenvalue weighted by Crippen LogP contribution is -2.17. The summed E-state index contributed by atoms with van der Waals surface area (Å²) >= 11 is 12.5. The molecule has 1 aliphatic rings. The molecule has 2 heterocycles. The van der Waals surface area contributed by atoms with E-state index in [9.17, 15) is 4.79 Å². The smallest absolute Gasteiger partial charge is 0.139 e. The third-order valence-electron chi connectivity index (χ3n) is 4.29. The van der Waals surface area contributed by atoms with Crippen LogP contribution in [-0.4, -0.2) is 22.7 Å². The first-order valence-corrected chi connectivity index (χ1v) is 8.29. The number of fused-ring (bicyclic) bond motifs is 1. The van der Waals surface area contributed by atoms with Gasteiger partial charge in [-0.2, -0.15) is 0 Å². The van der Waals surface area contributed by atoms with Crippen LogP contribution in [0.2, 0.25) is 10.0 Å². The Kier molecular flexibility index (Phi) is 4.63. The molecular weight excluding hydrogens is 345 g/mol. The molecule has 1 aromatic heterocycles. The summed E-state index contributed by atoms with van der Waals surface area (Å²) in [4.78, 5) is 17.5. The maximum atomic E-state index is 10.9. The number of nitrogens with two attached hydrogens (primary N) is 1. The molecule has 0 spiro atoms. The van der Waals surface area contributed by atoms with E-state index in [-0.39, 0.29) is 6.54 Å². The van der Waals surface area contributed by atoms with Gasteiger partial charge in [0.1, 0.15) is 6.29 Å². The van der Waals surface area contributed by atoms with Crippen LogP contribution in [0.3, 0.4) is 0 Å². The Morgan fingerprint density at radius 1 is 1.38 bits per heavy atom. The van der Waals surface area contributed by atoms with Crippen molar-refractivity contribution in [3.63, 3.8) is 0 Å². The third kappa shape index (κ3) is 2.71. The van der Waals surface area contributed by atoms with Gasteiger partial charge in [0.2, 0.25) is 0 Å². The maximum absolute atomic E-state index is 10.9. The van der Waals surface area contributed by atoms with Gasteiger partial charge in [0.25, 0.3) is 0 Å². The molecule has 0 atom stereocenters. The average Bonchev–Trinajstić information content (AvgIpc) is 2.83. The van der Waals surface area contributed by atoms with E-state index in [1.807, 2.05) is 17.9 Å². The van der Waals surface area contributed by atoms with Gasteiger partial charge < -0.3 is 15.4 Å². The van der Waals surface area contributed by atoms with Crippen LogP contribution in [0.5, 0.6) is 0 Å². The molecule has 3 rings (SSSR count). The molecule has 124 valence electrons. The highest BCUT2D eigenvalue weighted by molar-refractivity contribution is 6.36. The van der Waals surface area contributed by atoms with Crippen molar-refractivity contribution in [3.8, 4) is 11.1 Å².